The molecule has 21 heavy (non-hydrogen) atoms. The number of hydrogen-bond donors (Lipinski definition) is 2. The quantitative estimate of drug-likeness (QED) is 0.647. The lowest BCUT2D eigenvalue weighted by molar-refractivity contribution is -0.142. The molecule has 2 atom stereocenters. The molecule has 0 aliphatic carbocycles. The molecule has 0 saturated carbocycles. The minimum atomic E-state index is -0.927. The van der Waals surface area contributed by atoms with E-state index in [1.807, 2.05) is 6.92 Å². The van der Waals surface area contributed by atoms with E-state index in [1.165, 1.54) is 4.90 Å². The van der Waals surface area contributed by atoms with Gasteiger partial charge in [-0.25, -0.2) is 4.79 Å². The molecule has 0 bridgehead atoms. The largest absolute Gasteiger partial charge is 0.481 e. The minimum Gasteiger partial charge on any atom is -0.481 e. The molecule has 1 aliphatic rings. The van der Waals surface area contributed by atoms with E-state index in [4.69, 9.17) is 14.6 Å². The molecule has 2 unspecified atom stereocenters. The predicted octanol–water partition coefficient (Wildman–Crippen LogP) is 0.790. The molecule has 7 nitrogen and oxygen atoms in total. The van der Waals surface area contributed by atoms with Gasteiger partial charge in [-0.2, -0.15) is 0 Å². The number of amides is 2. The average Bonchev–Trinajstić information content (AvgIpc) is 2.88. The maximum absolute atomic E-state index is 12.1. The first-order valence-corrected chi connectivity index (χ1v) is 7.40. The van der Waals surface area contributed by atoms with E-state index in [0.717, 1.165) is 0 Å². The third kappa shape index (κ3) is 5.51. The zero-order valence-electron chi connectivity index (χ0n) is 13.0. The Bertz CT molecular complexity index is 348. The second-order valence-corrected chi connectivity index (χ2v) is 5.54. The van der Waals surface area contributed by atoms with Gasteiger partial charge >= 0.3 is 12.0 Å². The van der Waals surface area contributed by atoms with E-state index < -0.39 is 17.9 Å². The predicted molar refractivity (Wildman–Crippen MR) is 77.2 cm³/mol. The molecule has 1 rings (SSSR count). The molecular weight excluding hydrogens is 276 g/mol. The third-order valence-electron chi connectivity index (χ3n) is 3.34. The molecule has 0 aromatic rings. The van der Waals surface area contributed by atoms with Crippen molar-refractivity contribution in [3.8, 4) is 0 Å². The van der Waals surface area contributed by atoms with Crippen molar-refractivity contribution in [2.24, 2.45) is 11.8 Å². The molecule has 7 heteroatoms. The lowest BCUT2D eigenvalue weighted by atomic mass is 10.0. The van der Waals surface area contributed by atoms with Crippen LogP contribution in [0.15, 0.2) is 0 Å². The summed E-state index contributed by atoms with van der Waals surface area (Å²) in [6, 6.07) is -0.684. The van der Waals surface area contributed by atoms with Gasteiger partial charge < -0.3 is 24.8 Å². The number of carbonyl (C=O) groups excluding carboxylic acids is 1. The Morgan fingerprint density at radius 3 is 2.71 bits per heavy atom. The Hall–Kier alpha value is -1.34. The van der Waals surface area contributed by atoms with Gasteiger partial charge in [0, 0.05) is 19.7 Å². The Morgan fingerprint density at radius 1 is 1.43 bits per heavy atom. The lowest BCUT2D eigenvalue weighted by Gasteiger charge is -2.29. The summed E-state index contributed by atoms with van der Waals surface area (Å²) in [5, 5.41) is 11.9. The number of carboxylic acids is 1. The second-order valence-electron chi connectivity index (χ2n) is 5.54. The van der Waals surface area contributed by atoms with Crippen molar-refractivity contribution < 1.29 is 24.2 Å². The topological polar surface area (TPSA) is 88.1 Å². The van der Waals surface area contributed by atoms with Crippen LogP contribution in [0.25, 0.3) is 0 Å². The highest BCUT2D eigenvalue weighted by Crippen LogP contribution is 2.20. The van der Waals surface area contributed by atoms with Crippen LogP contribution >= 0.6 is 0 Å². The zero-order chi connectivity index (χ0) is 15.8. The third-order valence-corrected chi connectivity index (χ3v) is 3.34. The van der Waals surface area contributed by atoms with Gasteiger partial charge in [0.05, 0.1) is 25.9 Å². The summed E-state index contributed by atoms with van der Waals surface area (Å²) in [6.45, 7) is 8.32. The van der Waals surface area contributed by atoms with Gasteiger partial charge in [0.15, 0.2) is 0 Å². The van der Waals surface area contributed by atoms with E-state index in [2.05, 4.69) is 19.2 Å². The van der Waals surface area contributed by atoms with Crippen LogP contribution in [0.4, 0.5) is 4.79 Å². The summed E-state index contributed by atoms with van der Waals surface area (Å²) >= 11 is 0. The van der Waals surface area contributed by atoms with Gasteiger partial charge in [0.2, 0.25) is 0 Å². The Labute approximate surface area is 125 Å². The molecular formula is C14H26N2O5. The lowest BCUT2D eigenvalue weighted by Crippen LogP contribution is -2.51. The summed E-state index contributed by atoms with van der Waals surface area (Å²) in [5.41, 5.74) is 0. The number of nitrogens with zero attached hydrogens (tertiary/aromatic N) is 1. The van der Waals surface area contributed by atoms with Gasteiger partial charge in [-0.1, -0.05) is 13.8 Å². The van der Waals surface area contributed by atoms with Crippen molar-refractivity contribution in [2.45, 2.75) is 26.8 Å². The molecule has 0 radical (unpaired) electrons. The summed E-state index contributed by atoms with van der Waals surface area (Å²) in [5.74, 6) is -1.13. The monoisotopic (exact) mass is 302 g/mol. The van der Waals surface area contributed by atoms with Crippen LogP contribution in [0.5, 0.6) is 0 Å². The molecule has 0 spiro atoms. The van der Waals surface area contributed by atoms with Crippen molar-refractivity contribution in [2.75, 3.05) is 39.5 Å². The number of likely N-dealkylation sites (N-methyl/N-ethyl adjacent to an activating group) is 1. The van der Waals surface area contributed by atoms with Crippen molar-refractivity contribution in [1.29, 1.82) is 0 Å². The highest BCUT2D eigenvalue weighted by atomic mass is 16.5. The fraction of sp³-hybridized carbons (Fsp3) is 0.857. The molecule has 2 amide bonds. The number of urea groups is 1. The van der Waals surface area contributed by atoms with Crippen molar-refractivity contribution in [3.05, 3.63) is 0 Å². The standard InChI is InChI=1S/C14H26N2O5/c1-4-16(12-9-21-8-11(12)13(17)18)14(19)15-5-6-20-7-10(2)3/h10-12H,4-9H2,1-3H3,(H,15,19)(H,17,18). The highest BCUT2D eigenvalue weighted by Gasteiger charge is 2.39. The van der Waals surface area contributed by atoms with Gasteiger partial charge in [0.1, 0.15) is 5.92 Å². The maximum Gasteiger partial charge on any atom is 0.317 e. The minimum absolute atomic E-state index is 0.154. The Balaban J connectivity index is 2.40. The summed E-state index contributed by atoms with van der Waals surface area (Å²) in [7, 11) is 0. The van der Waals surface area contributed by atoms with Crippen LogP contribution in [0, 0.1) is 11.8 Å². The van der Waals surface area contributed by atoms with Gasteiger partial charge in [-0.05, 0) is 12.8 Å². The van der Waals surface area contributed by atoms with Crippen molar-refractivity contribution >= 4 is 12.0 Å². The average molecular weight is 302 g/mol. The van der Waals surface area contributed by atoms with E-state index >= 15 is 0 Å². The number of carboxylic acid groups (broad SMARTS) is 1. The first-order valence-electron chi connectivity index (χ1n) is 7.40. The SMILES string of the molecule is CCN(C(=O)NCCOCC(C)C)C1COCC1C(=O)O. The maximum atomic E-state index is 12.1. The first kappa shape index (κ1) is 17.7. The van der Waals surface area contributed by atoms with Crippen molar-refractivity contribution in [3.63, 3.8) is 0 Å². The molecule has 0 aromatic heterocycles. The van der Waals surface area contributed by atoms with Crippen LogP contribution in [0.2, 0.25) is 0 Å². The molecule has 1 heterocycles. The van der Waals surface area contributed by atoms with E-state index in [0.29, 0.717) is 32.2 Å². The van der Waals surface area contributed by atoms with Crippen LogP contribution in [0.1, 0.15) is 20.8 Å². The highest BCUT2D eigenvalue weighted by molar-refractivity contribution is 5.77. The van der Waals surface area contributed by atoms with Gasteiger partial charge in [-0.15, -0.1) is 0 Å². The van der Waals surface area contributed by atoms with Crippen LogP contribution in [0.3, 0.4) is 0 Å². The molecule has 122 valence electrons. The van der Waals surface area contributed by atoms with E-state index in [9.17, 15) is 9.59 Å². The number of aliphatic carboxylic acids is 1. The van der Waals surface area contributed by atoms with Gasteiger partial charge in [-0.3, -0.25) is 4.79 Å². The Kier molecular flexibility index (Phi) is 7.45. The molecule has 2 N–H and O–H groups in total. The van der Waals surface area contributed by atoms with Crippen LogP contribution in [-0.4, -0.2) is 67.6 Å². The molecule has 0 aromatic carbocycles. The number of hydrogen-bond acceptors (Lipinski definition) is 4. The smallest absolute Gasteiger partial charge is 0.317 e. The number of ether oxygens (including phenoxy) is 2. The summed E-state index contributed by atoms with van der Waals surface area (Å²) < 4.78 is 10.6. The number of nitrogens with one attached hydrogen (secondary N) is 1. The molecule has 1 fully saturated rings. The normalized spacial score (nSPS) is 21.5. The fourth-order valence-corrected chi connectivity index (χ4v) is 2.27. The number of carbonyl (C=O) groups is 2. The zero-order valence-corrected chi connectivity index (χ0v) is 13.0. The van der Waals surface area contributed by atoms with E-state index in [-0.39, 0.29) is 19.2 Å². The number of rotatable bonds is 8. The van der Waals surface area contributed by atoms with E-state index in [1.54, 1.807) is 0 Å². The van der Waals surface area contributed by atoms with Crippen LogP contribution in [-0.2, 0) is 14.3 Å². The van der Waals surface area contributed by atoms with Gasteiger partial charge in [0.25, 0.3) is 0 Å². The molecule has 1 saturated heterocycles. The first-order chi connectivity index (χ1) is 9.97. The van der Waals surface area contributed by atoms with Crippen LogP contribution < -0.4 is 5.32 Å². The molecule has 1 aliphatic heterocycles. The Morgan fingerprint density at radius 2 is 2.14 bits per heavy atom. The summed E-state index contributed by atoms with van der Waals surface area (Å²) in [4.78, 5) is 24.8. The fourth-order valence-electron chi connectivity index (χ4n) is 2.27. The summed E-state index contributed by atoms with van der Waals surface area (Å²) in [6.07, 6.45) is 0. The second kappa shape index (κ2) is 8.84. The van der Waals surface area contributed by atoms with Crippen molar-refractivity contribution in [1.82, 2.24) is 10.2 Å².